The molecule has 0 aliphatic carbocycles. The van der Waals surface area contributed by atoms with Crippen molar-refractivity contribution >= 4 is 29.9 Å². The van der Waals surface area contributed by atoms with Crippen molar-refractivity contribution in [3.8, 4) is 5.75 Å². The van der Waals surface area contributed by atoms with Crippen LogP contribution in [-0.4, -0.2) is 58.8 Å². The summed E-state index contributed by atoms with van der Waals surface area (Å²) in [5, 5.41) is 25.7. The van der Waals surface area contributed by atoms with E-state index in [2.05, 4.69) is 24.5 Å². The number of aliphatic hydroxyl groups excluding tert-OH is 1. The van der Waals surface area contributed by atoms with Gasteiger partial charge in [0.15, 0.2) is 11.8 Å². The molecule has 0 aromatic heterocycles. The number of rotatable bonds is 9. The van der Waals surface area contributed by atoms with Gasteiger partial charge < -0.3 is 30.3 Å². The molecule has 2 rings (SSSR count). The van der Waals surface area contributed by atoms with Crippen LogP contribution in [0.3, 0.4) is 0 Å². The van der Waals surface area contributed by atoms with Gasteiger partial charge in [-0.15, -0.1) is 0 Å². The minimum atomic E-state index is -1.38. The third-order valence-corrected chi connectivity index (χ3v) is 6.21. The highest BCUT2D eigenvalue weighted by Crippen LogP contribution is 2.28. The summed E-state index contributed by atoms with van der Waals surface area (Å²) in [6, 6.07) is 2.75. The highest BCUT2D eigenvalue weighted by Gasteiger charge is 2.41. The average molecular weight is 479 g/mol. The lowest BCUT2D eigenvalue weighted by Gasteiger charge is -2.25. The first-order valence-corrected chi connectivity index (χ1v) is 11.5. The summed E-state index contributed by atoms with van der Waals surface area (Å²) < 4.78 is 10.8. The van der Waals surface area contributed by atoms with Crippen molar-refractivity contribution in [2.45, 2.75) is 77.7 Å². The number of phenols is 1. The zero-order valence-corrected chi connectivity index (χ0v) is 19.9. The molecule has 1 saturated heterocycles. The molecule has 1 heterocycles. The number of benzene rings is 1. The number of para-hydroxylation sites is 1. The van der Waals surface area contributed by atoms with Gasteiger partial charge in [0.2, 0.25) is 6.41 Å². The second-order valence-corrected chi connectivity index (χ2v) is 8.74. The van der Waals surface area contributed by atoms with Crippen molar-refractivity contribution in [3.63, 3.8) is 0 Å². The van der Waals surface area contributed by atoms with E-state index in [1.54, 1.807) is 0 Å². The molecule has 1 aliphatic heterocycles. The highest BCUT2D eigenvalue weighted by atomic mass is 16.6. The number of anilines is 1. The lowest BCUT2D eigenvalue weighted by Crippen LogP contribution is -2.50. The van der Waals surface area contributed by atoms with E-state index in [1.807, 2.05) is 0 Å². The molecule has 4 N–H and O–H groups in total. The van der Waals surface area contributed by atoms with Gasteiger partial charge in [0, 0.05) is 0 Å². The first-order chi connectivity index (χ1) is 16.1. The molecule has 10 heteroatoms. The van der Waals surface area contributed by atoms with E-state index in [9.17, 15) is 29.4 Å². The third kappa shape index (κ3) is 6.69. The largest absolute Gasteiger partial charge is 0.505 e. The SMILES string of the molecule is CCC(C)CCC[C@H]1C(=O)O[C@H](C)[C@H](NC(=O)c2cccc(NC=O)c2O)C(=O)O[C@@H](C)[C@@H]1O. The van der Waals surface area contributed by atoms with Crippen molar-refractivity contribution in [2.24, 2.45) is 11.8 Å². The van der Waals surface area contributed by atoms with Gasteiger partial charge in [0.05, 0.1) is 17.2 Å². The van der Waals surface area contributed by atoms with Crippen LogP contribution in [0.2, 0.25) is 0 Å². The normalized spacial score (nSPS) is 26.2. The number of esters is 2. The van der Waals surface area contributed by atoms with Gasteiger partial charge >= 0.3 is 11.9 Å². The van der Waals surface area contributed by atoms with E-state index in [0.717, 1.165) is 12.8 Å². The number of nitrogens with one attached hydrogen (secondary N) is 2. The van der Waals surface area contributed by atoms with Crippen LogP contribution in [0.25, 0.3) is 0 Å². The molecular formula is C24H34N2O8. The van der Waals surface area contributed by atoms with Crippen molar-refractivity contribution < 1.29 is 38.9 Å². The van der Waals surface area contributed by atoms with E-state index in [0.29, 0.717) is 25.2 Å². The fourth-order valence-corrected chi connectivity index (χ4v) is 3.80. The molecule has 0 radical (unpaired) electrons. The van der Waals surface area contributed by atoms with Crippen LogP contribution in [0.5, 0.6) is 5.75 Å². The molecule has 188 valence electrons. The lowest BCUT2D eigenvalue weighted by molar-refractivity contribution is -0.160. The maximum Gasteiger partial charge on any atom is 0.332 e. The second kappa shape index (κ2) is 12.4. The maximum atomic E-state index is 12.9. The van der Waals surface area contributed by atoms with Crippen molar-refractivity contribution in [3.05, 3.63) is 23.8 Å². The number of phenolic OH excluding ortho intramolecular Hbond substituents is 1. The molecule has 1 aromatic carbocycles. The highest BCUT2D eigenvalue weighted by molar-refractivity contribution is 6.01. The molecule has 0 spiro atoms. The number of hydrogen-bond donors (Lipinski definition) is 4. The van der Waals surface area contributed by atoms with Crippen LogP contribution in [-0.2, 0) is 23.9 Å². The van der Waals surface area contributed by atoms with Gasteiger partial charge in [0.25, 0.3) is 5.91 Å². The molecule has 34 heavy (non-hydrogen) atoms. The number of cyclic esters (lactones) is 2. The van der Waals surface area contributed by atoms with E-state index in [-0.39, 0.29) is 11.3 Å². The Labute approximate surface area is 199 Å². The third-order valence-electron chi connectivity index (χ3n) is 6.21. The fourth-order valence-electron chi connectivity index (χ4n) is 3.80. The number of aliphatic hydroxyl groups is 1. The van der Waals surface area contributed by atoms with Crippen LogP contribution in [0, 0.1) is 11.8 Å². The smallest absolute Gasteiger partial charge is 0.332 e. The van der Waals surface area contributed by atoms with Crippen LogP contribution in [0.4, 0.5) is 5.69 Å². The Morgan fingerprint density at radius 1 is 1.18 bits per heavy atom. The summed E-state index contributed by atoms with van der Waals surface area (Å²) in [6.45, 7) is 7.11. The average Bonchev–Trinajstić information content (AvgIpc) is 2.82. The molecule has 1 fully saturated rings. The summed E-state index contributed by atoms with van der Waals surface area (Å²) in [6.07, 6.45) is -0.0507. The van der Waals surface area contributed by atoms with E-state index in [4.69, 9.17) is 9.47 Å². The molecule has 1 unspecified atom stereocenters. The number of carbonyl (C=O) groups excluding carboxylic acids is 4. The summed E-state index contributed by atoms with van der Waals surface area (Å²) in [4.78, 5) is 49.2. The number of hydrogen-bond acceptors (Lipinski definition) is 8. The molecule has 2 amide bonds. The van der Waals surface area contributed by atoms with E-state index < -0.39 is 53.9 Å². The van der Waals surface area contributed by atoms with Crippen LogP contribution in [0.1, 0.15) is 63.7 Å². The molecule has 0 bridgehead atoms. The summed E-state index contributed by atoms with van der Waals surface area (Å²) >= 11 is 0. The van der Waals surface area contributed by atoms with E-state index >= 15 is 0 Å². The zero-order valence-electron chi connectivity index (χ0n) is 19.9. The molecule has 1 aliphatic rings. The lowest BCUT2D eigenvalue weighted by atomic mass is 9.90. The standard InChI is InChI=1S/C24H34N2O8/c1-5-13(2)8-6-10-17-20(28)15(4)34-24(32)19(14(3)33-23(17)31)26-22(30)16-9-7-11-18(21(16)29)25-12-27/h7,9,11-15,17,19-20,28-29H,5-6,8,10H2,1-4H3,(H,25,27)(H,26,30)/t13?,14-,15+,17-,19+,20+/m1/s1. The van der Waals surface area contributed by atoms with Gasteiger partial charge in [0.1, 0.15) is 18.3 Å². The first-order valence-electron chi connectivity index (χ1n) is 11.5. The van der Waals surface area contributed by atoms with Crippen LogP contribution in [0.15, 0.2) is 18.2 Å². The number of carbonyl (C=O) groups is 4. The van der Waals surface area contributed by atoms with E-state index in [1.165, 1.54) is 32.0 Å². The zero-order chi connectivity index (χ0) is 25.4. The number of aromatic hydroxyl groups is 1. The Morgan fingerprint density at radius 2 is 1.85 bits per heavy atom. The van der Waals surface area contributed by atoms with Crippen LogP contribution < -0.4 is 10.6 Å². The van der Waals surface area contributed by atoms with Gasteiger partial charge in [-0.25, -0.2) is 4.79 Å². The molecule has 0 saturated carbocycles. The quantitative estimate of drug-likeness (QED) is 0.239. The topological polar surface area (TPSA) is 151 Å². The minimum absolute atomic E-state index is 0.0103. The van der Waals surface area contributed by atoms with Gasteiger partial charge in [-0.3, -0.25) is 14.4 Å². The van der Waals surface area contributed by atoms with Gasteiger partial charge in [-0.2, -0.15) is 0 Å². The van der Waals surface area contributed by atoms with Crippen molar-refractivity contribution in [2.75, 3.05) is 5.32 Å². The second-order valence-electron chi connectivity index (χ2n) is 8.74. The maximum absolute atomic E-state index is 12.9. The Bertz CT molecular complexity index is 890. The Kier molecular flexibility index (Phi) is 9.85. The molecular weight excluding hydrogens is 444 g/mol. The predicted octanol–water partition coefficient (Wildman–Crippen LogP) is 2.13. The van der Waals surface area contributed by atoms with Gasteiger partial charge in [-0.1, -0.05) is 39.2 Å². The summed E-state index contributed by atoms with van der Waals surface area (Å²) in [5.41, 5.74) is -0.190. The fraction of sp³-hybridized carbons (Fsp3) is 0.583. The molecule has 10 nitrogen and oxygen atoms in total. The van der Waals surface area contributed by atoms with Crippen molar-refractivity contribution in [1.29, 1.82) is 0 Å². The number of ether oxygens (including phenoxy) is 2. The van der Waals surface area contributed by atoms with Crippen molar-refractivity contribution in [1.82, 2.24) is 5.32 Å². The minimum Gasteiger partial charge on any atom is -0.505 e. The van der Waals surface area contributed by atoms with Crippen LogP contribution >= 0.6 is 0 Å². The Balaban J connectivity index is 2.21. The predicted molar refractivity (Wildman–Crippen MR) is 123 cm³/mol. The van der Waals surface area contributed by atoms with Gasteiger partial charge in [-0.05, 0) is 38.3 Å². The monoisotopic (exact) mass is 478 g/mol. The summed E-state index contributed by atoms with van der Waals surface area (Å²) in [7, 11) is 0. The Hall–Kier alpha value is -3.14. The molecule has 6 atom stereocenters. The Morgan fingerprint density at radius 3 is 2.50 bits per heavy atom. The molecule has 1 aromatic rings. The number of amides is 2. The first kappa shape index (κ1) is 27.1. The summed E-state index contributed by atoms with van der Waals surface area (Å²) in [5.74, 6) is -3.28.